The van der Waals surface area contributed by atoms with Crippen molar-refractivity contribution in [3.8, 4) is 5.82 Å². The first-order valence-corrected chi connectivity index (χ1v) is 5.58. The monoisotopic (exact) mass is 252 g/mol. The van der Waals surface area contributed by atoms with Crippen LogP contribution in [0.2, 0.25) is 5.02 Å². The molecule has 0 fully saturated rings. The molecule has 3 N–H and O–H groups in total. The highest BCUT2D eigenvalue weighted by Crippen LogP contribution is 2.17. The Labute approximate surface area is 104 Å². The predicted octanol–water partition coefficient (Wildman–Crippen LogP) is 1.64. The van der Waals surface area contributed by atoms with Gasteiger partial charge in [-0.2, -0.15) is 15.1 Å². The van der Waals surface area contributed by atoms with E-state index in [2.05, 4.69) is 20.4 Å². The Morgan fingerprint density at radius 3 is 2.82 bits per heavy atom. The van der Waals surface area contributed by atoms with E-state index in [1.54, 1.807) is 16.9 Å². The number of hydrogen-bond acceptors (Lipinski definition) is 5. The summed E-state index contributed by atoms with van der Waals surface area (Å²) >= 11 is 5.95. The Kier molecular flexibility index (Phi) is 3.14. The molecule has 6 nitrogen and oxygen atoms in total. The molecule has 0 aliphatic carbocycles. The van der Waals surface area contributed by atoms with Gasteiger partial charge in [-0.15, -0.1) is 0 Å². The Balaban J connectivity index is 2.44. The van der Waals surface area contributed by atoms with Crippen LogP contribution in [-0.2, 0) is 0 Å². The number of halogens is 1. The van der Waals surface area contributed by atoms with Crippen LogP contribution in [0.25, 0.3) is 5.82 Å². The minimum Gasteiger partial charge on any atom is -0.370 e. The van der Waals surface area contributed by atoms with Gasteiger partial charge in [0.05, 0.1) is 16.9 Å². The molecule has 0 aromatic carbocycles. The largest absolute Gasteiger partial charge is 0.370 e. The third-order valence-corrected chi connectivity index (χ3v) is 2.53. The molecule has 0 aliphatic rings. The van der Waals surface area contributed by atoms with E-state index in [0.717, 1.165) is 12.2 Å². The third-order valence-electron chi connectivity index (χ3n) is 2.16. The second-order valence-electron chi connectivity index (χ2n) is 3.51. The lowest BCUT2D eigenvalue weighted by Crippen LogP contribution is -2.07. The highest BCUT2D eigenvalue weighted by Gasteiger charge is 2.07. The summed E-state index contributed by atoms with van der Waals surface area (Å²) in [5.74, 6) is 1.45. The van der Waals surface area contributed by atoms with Gasteiger partial charge in [-0.05, 0) is 13.8 Å². The quantitative estimate of drug-likeness (QED) is 0.868. The van der Waals surface area contributed by atoms with Gasteiger partial charge in [0.2, 0.25) is 5.95 Å². The van der Waals surface area contributed by atoms with Crippen molar-refractivity contribution in [1.29, 1.82) is 0 Å². The lowest BCUT2D eigenvalue weighted by Gasteiger charge is -2.06. The Bertz CT molecular complexity index is 516. The highest BCUT2D eigenvalue weighted by molar-refractivity contribution is 6.31. The lowest BCUT2D eigenvalue weighted by molar-refractivity contribution is 0.829. The topological polar surface area (TPSA) is 81.7 Å². The molecule has 2 rings (SSSR count). The van der Waals surface area contributed by atoms with E-state index in [1.807, 2.05) is 13.8 Å². The van der Waals surface area contributed by atoms with Crippen molar-refractivity contribution in [3.63, 3.8) is 0 Å². The average molecular weight is 253 g/mol. The molecule has 0 spiro atoms. The second-order valence-corrected chi connectivity index (χ2v) is 3.91. The van der Waals surface area contributed by atoms with Gasteiger partial charge >= 0.3 is 0 Å². The molecule has 2 heterocycles. The number of nitrogens with two attached hydrogens (primary N) is 1. The smallest absolute Gasteiger partial charge is 0.224 e. The number of nitrogens with one attached hydrogen (secondary N) is 1. The number of anilines is 2. The van der Waals surface area contributed by atoms with Gasteiger partial charge < -0.3 is 11.1 Å². The standard InChI is InChI=1S/C10H13ClN6/c1-3-13-8-4-9(15-10(12)14-8)17-5-7(11)6(2)16-17/h4-5H,3H2,1-2H3,(H3,12,13,14,15). The zero-order valence-corrected chi connectivity index (χ0v) is 10.4. The summed E-state index contributed by atoms with van der Waals surface area (Å²) in [6.45, 7) is 4.57. The Hall–Kier alpha value is -1.82. The van der Waals surface area contributed by atoms with Crippen LogP contribution in [0, 0.1) is 6.92 Å². The van der Waals surface area contributed by atoms with Gasteiger partial charge in [0.25, 0.3) is 0 Å². The van der Waals surface area contributed by atoms with E-state index in [-0.39, 0.29) is 5.95 Å². The zero-order chi connectivity index (χ0) is 12.4. The van der Waals surface area contributed by atoms with Gasteiger partial charge in [0, 0.05) is 12.6 Å². The second kappa shape index (κ2) is 4.58. The highest BCUT2D eigenvalue weighted by atomic mass is 35.5. The van der Waals surface area contributed by atoms with Crippen LogP contribution >= 0.6 is 11.6 Å². The first-order chi connectivity index (χ1) is 8.10. The number of hydrogen-bond donors (Lipinski definition) is 2. The van der Waals surface area contributed by atoms with Crippen LogP contribution in [0.1, 0.15) is 12.6 Å². The van der Waals surface area contributed by atoms with Crippen LogP contribution < -0.4 is 11.1 Å². The fourth-order valence-electron chi connectivity index (χ4n) is 1.40. The minimum absolute atomic E-state index is 0.197. The van der Waals surface area contributed by atoms with Crippen molar-refractivity contribution in [2.24, 2.45) is 0 Å². The SMILES string of the molecule is CCNc1cc(-n2cc(Cl)c(C)n2)nc(N)n1. The van der Waals surface area contributed by atoms with Crippen molar-refractivity contribution in [2.45, 2.75) is 13.8 Å². The van der Waals surface area contributed by atoms with Gasteiger partial charge in [-0.25, -0.2) is 4.68 Å². The molecule has 0 unspecified atom stereocenters. The molecule has 0 saturated heterocycles. The number of nitrogens with zero attached hydrogens (tertiary/aromatic N) is 4. The first-order valence-electron chi connectivity index (χ1n) is 5.20. The average Bonchev–Trinajstić information content (AvgIpc) is 2.59. The summed E-state index contributed by atoms with van der Waals surface area (Å²) in [5, 5.41) is 7.90. The summed E-state index contributed by atoms with van der Waals surface area (Å²) in [7, 11) is 0. The lowest BCUT2D eigenvalue weighted by atomic mass is 10.5. The van der Waals surface area contributed by atoms with Gasteiger partial charge in [0.15, 0.2) is 5.82 Å². The van der Waals surface area contributed by atoms with E-state index in [4.69, 9.17) is 17.3 Å². The van der Waals surface area contributed by atoms with Crippen molar-refractivity contribution in [1.82, 2.24) is 19.7 Å². The Morgan fingerprint density at radius 1 is 1.47 bits per heavy atom. The number of nitrogen functional groups attached to an aromatic ring is 1. The number of rotatable bonds is 3. The molecule has 0 atom stereocenters. The van der Waals surface area contributed by atoms with E-state index in [0.29, 0.717) is 16.7 Å². The summed E-state index contributed by atoms with van der Waals surface area (Å²) in [4.78, 5) is 8.17. The van der Waals surface area contributed by atoms with Crippen LogP contribution in [0.3, 0.4) is 0 Å². The van der Waals surface area contributed by atoms with Crippen molar-refractivity contribution >= 4 is 23.4 Å². The molecular formula is C10H13ClN6. The minimum atomic E-state index is 0.197. The first kappa shape index (κ1) is 11.7. The molecular weight excluding hydrogens is 240 g/mol. The fourth-order valence-corrected chi connectivity index (χ4v) is 1.53. The van der Waals surface area contributed by atoms with Crippen molar-refractivity contribution in [3.05, 3.63) is 23.0 Å². The maximum absolute atomic E-state index is 5.95. The summed E-state index contributed by atoms with van der Waals surface area (Å²) in [6.07, 6.45) is 1.69. The number of aromatic nitrogens is 4. The van der Waals surface area contributed by atoms with Crippen LogP contribution in [-0.4, -0.2) is 26.3 Å². The normalized spacial score (nSPS) is 10.5. The third kappa shape index (κ3) is 2.47. The Morgan fingerprint density at radius 2 is 2.24 bits per heavy atom. The molecule has 0 aliphatic heterocycles. The van der Waals surface area contributed by atoms with E-state index in [9.17, 15) is 0 Å². The van der Waals surface area contributed by atoms with Crippen LogP contribution in [0.15, 0.2) is 12.3 Å². The number of aryl methyl sites for hydroxylation is 1. The predicted molar refractivity (Wildman–Crippen MR) is 67.5 cm³/mol. The van der Waals surface area contributed by atoms with E-state index < -0.39 is 0 Å². The van der Waals surface area contributed by atoms with Crippen LogP contribution in [0.4, 0.5) is 11.8 Å². The zero-order valence-electron chi connectivity index (χ0n) is 9.61. The van der Waals surface area contributed by atoms with Crippen molar-refractivity contribution in [2.75, 3.05) is 17.6 Å². The van der Waals surface area contributed by atoms with E-state index >= 15 is 0 Å². The van der Waals surface area contributed by atoms with Gasteiger partial charge in [0.1, 0.15) is 5.82 Å². The summed E-state index contributed by atoms with van der Waals surface area (Å²) in [5.41, 5.74) is 6.38. The molecule has 90 valence electrons. The maximum Gasteiger partial charge on any atom is 0.224 e. The van der Waals surface area contributed by atoms with Crippen molar-refractivity contribution < 1.29 is 0 Å². The molecule has 0 bridgehead atoms. The molecule has 0 saturated carbocycles. The summed E-state index contributed by atoms with van der Waals surface area (Å²) in [6, 6.07) is 1.77. The molecule has 0 amide bonds. The molecule has 2 aromatic rings. The fraction of sp³-hybridized carbons (Fsp3) is 0.300. The van der Waals surface area contributed by atoms with Gasteiger partial charge in [-0.3, -0.25) is 0 Å². The molecule has 2 aromatic heterocycles. The molecule has 17 heavy (non-hydrogen) atoms. The van der Waals surface area contributed by atoms with Gasteiger partial charge in [-0.1, -0.05) is 11.6 Å². The summed E-state index contributed by atoms with van der Waals surface area (Å²) < 4.78 is 1.58. The van der Waals surface area contributed by atoms with Crippen LogP contribution in [0.5, 0.6) is 0 Å². The van der Waals surface area contributed by atoms with E-state index in [1.165, 1.54) is 0 Å². The molecule has 7 heteroatoms. The maximum atomic E-state index is 5.95. The molecule has 0 radical (unpaired) electrons.